The molecule has 4 rings (SSSR count). The first-order valence-electron chi connectivity index (χ1n) is 9.40. The second-order valence-electron chi connectivity index (χ2n) is 6.92. The number of hydrogen-bond donors (Lipinski definition) is 1. The largest absolute Gasteiger partial charge is 0.416 e. The van der Waals surface area contributed by atoms with Crippen molar-refractivity contribution in [1.82, 2.24) is 9.97 Å². The third-order valence-corrected chi connectivity index (χ3v) is 5.03. The summed E-state index contributed by atoms with van der Waals surface area (Å²) in [6.45, 7) is 0. The number of nitrogens with zero attached hydrogens (tertiary/aromatic N) is 1. The van der Waals surface area contributed by atoms with Crippen LogP contribution in [0.4, 0.5) is 13.2 Å². The van der Waals surface area contributed by atoms with Gasteiger partial charge in [-0.3, -0.25) is 14.6 Å². The van der Waals surface area contributed by atoms with Gasteiger partial charge in [0.15, 0.2) is 5.78 Å². The average molecular weight is 455 g/mol. The fourth-order valence-corrected chi connectivity index (χ4v) is 3.54. The van der Waals surface area contributed by atoms with Crippen LogP contribution in [-0.4, -0.2) is 15.8 Å². The van der Waals surface area contributed by atoms with E-state index < -0.39 is 23.1 Å². The van der Waals surface area contributed by atoms with Gasteiger partial charge in [0.1, 0.15) is 0 Å². The molecule has 0 unspecified atom stereocenters. The second kappa shape index (κ2) is 8.43. The average Bonchev–Trinajstić information content (AvgIpc) is 2.77. The normalized spacial score (nSPS) is 11.9. The lowest BCUT2D eigenvalue weighted by Gasteiger charge is -2.11. The van der Waals surface area contributed by atoms with E-state index in [1.165, 1.54) is 0 Å². The highest BCUT2D eigenvalue weighted by Crippen LogP contribution is 2.32. The van der Waals surface area contributed by atoms with E-state index in [0.29, 0.717) is 27.1 Å². The van der Waals surface area contributed by atoms with Crippen LogP contribution in [-0.2, 0) is 6.18 Å². The van der Waals surface area contributed by atoms with Gasteiger partial charge in [0.05, 0.1) is 16.8 Å². The molecule has 0 aliphatic heterocycles. The maximum Gasteiger partial charge on any atom is 0.416 e. The number of aromatic nitrogens is 2. The van der Waals surface area contributed by atoms with E-state index in [4.69, 9.17) is 11.6 Å². The molecule has 2 heterocycles. The molecule has 8 heteroatoms. The fourth-order valence-electron chi connectivity index (χ4n) is 3.37. The van der Waals surface area contributed by atoms with Gasteiger partial charge in [0, 0.05) is 27.7 Å². The highest BCUT2D eigenvalue weighted by Gasteiger charge is 2.30. The number of H-pyrrole nitrogens is 1. The van der Waals surface area contributed by atoms with E-state index in [1.807, 2.05) is 0 Å². The quantitative estimate of drug-likeness (QED) is 0.297. The molecule has 0 amide bonds. The van der Waals surface area contributed by atoms with Crippen LogP contribution in [0.25, 0.3) is 28.1 Å². The number of carbonyl (C=O) groups excluding carboxylic acids is 1. The lowest BCUT2D eigenvalue weighted by Crippen LogP contribution is -2.18. The van der Waals surface area contributed by atoms with Crippen molar-refractivity contribution in [2.45, 2.75) is 6.18 Å². The zero-order chi connectivity index (χ0) is 22.9. The molecule has 2 aromatic carbocycles. The summed E-state index contributed by atoms with van der Waals surface area (Å²) < 4.78 is 38.8. The minimum absolute atomic E-state index is 0.0605. The Morgan fingerprint density at radius 2 is 1.78 bits per heavy atom. The smallest absolute Gasteiger partial charge is 0.321 e. The number of aromatic amines is 1. The standard InChI is InChI=1S/C24H14ClF3N2O2/c25-16-6-8-19-18(13-16)21(14-4-2-1-3-5-14)22(23(32)30-19)20(31)9-7-17-12-15(10-11-29-17)24(26,27)28/h1-13H,(H,30,32)/b9-7+. The van der Waals surface area contributed by atoms with Gasteiger partial charge in [0.2, 0.25) is 0 Å². The molecule has 0 aliphatic carbocycles. The number of carbonyl (C=O) groups is 1. The molecule has 0 spiro atoms. The number of halogens is 4. The van der Waals surface area contributed by atoms with E-state index in [-0.39, 0.29) is 11.3 Å². The summed E-state index contributed by atoms with van der Waals surface area (Å²) in [7, 11) is 0. The summed E-state index contributed by atoms with van der Waals surface area (Å²) in [5.74, 6) is -0.675. The maximum absolute atomic E-state index is 13.1. The van der Waals surface area contributed by atoms with Gasteiger partial charge in [-0.25, -0.2) is 0 Å². The number of benzene rings is 2. The van der Waals surface area contributed by atoms with Crippen LogP contribution in [0.1, 0.15) is 21.6 Å². The molecule has 0 atom stereocenters. The van der Waals surface area contributed by atoms with Crippen LogP contribution >= 0.6 is 11.6 Å². The van der Waals surface area contributed by atoms with Crippen molar-refractivity contribution in [2.75, 3.05) is 0 Å². The molecule has 32 heavy (non-hydrogen) atoms. The van der Waals surface area contributed by atoms with Crippen molar-refractivity contribution in [3.8, 4) is 11.1 Å². The van der Waals surface area contributed by atoms with E-state index in [1.54, 1.807) is 48.5 Å². The maximum atomic E-state index is 13.1. The molecular formula is C24H14ClF3N2O2. The van der Waals surface area contributed by atoms with Gasteiger partial charge >= 0.3 is 6.18 Å². The third kappa shape index (κ3) is 4.33. The van der Waals surface area contributed by atoms with Crippen molar-refractivity contribution in [1.29, 1.82) is 0 Å². The molecule has 2 aromatic heterocycles. The van der Waals surface area contributed by atoms with Crippen LogP contribution in [0.3, 0.4) is 0 Å². The first-order chi connectivity index (χ1) is 15.2. The number of alkyl halides is 3. The second-order valence-corrected chi connectivity index (χ2v) is 7.36. The van der Waals surface area contributed by atoms with Gasteiger partial charge in [-0.1, -0.05) is 41.9 Å². The van der Waals surface area contributed by atoms with E-state index in [2.05, 4.69) is 9.97 Å². The Morgan fingerprint density at radius 1 is 1.03 bits per heavy atom. The number of nitrogens with one attached hydrogen (secondary N) is 1. The minimum atomic E-state index is -4.54. The minimum Gasteiger partial charge on any atom is -0.321 e. The highest BCUT2D eigenvalue weighted by atomic mass is 35.5. The van der Waals surface area contributed by atoms with Crippen LogP contribution in [0.2, 0.25) is 5.02 Å². The Balaban J connectivity index is 1.86. The summed E-state index contributed by atoms with van der Waals surface area (Å²) in [6.07, 6.45) is -1.35. The Morgan fingerprint density at radius 3 is 2.50 bits per heavy atom. The van der Waals surface area contributed by atoms with Crippen molar-refractivity contribution >= 4 is 34.4 Å². The molecule has 160 valence electrons. The van der Waals surface area contributed by atoms with Gasteiger partial charge in [0.25, 0.3) is 5.56 Å². The summed E-state index contributed by atoms with van der Waals surface area (Å²) in [6, 6.07) is 15.4. The molecule has 4 nitrogen and oxygen atoms in total. The molecule has 1 N–H and O–H groups in total. The number of allylic oxidation sites excluding steroid dienone is 1. The fraction of sp³-hybridized carbons (Fsp3) is 0.0417. The first kappa shape index (κ1) is 21.5. The summed E-state index contributed by atoms with van der Waals surface area (Å²) in [5.41, 5.74) is -0.200. The van der Waals surface area contributed by atoms with Crippen LogP contribution in [0.5, 0.6) is 0 Å². The summed E-state index contributed by atoms with van der Waals surface area (Å²) in [4.78, 5) is 32.4. The van der Waals surface area contributed by atoms with Crippen molar-refractivity contribution in [2.24, 2.45) is 0 Å². The van der Waals surface area contributed by atoms with Crippen molar-refractivity contribution in [3.05, 3.63) is 105 Å². The molecule has 0 saturated heterocycles. The molecule has 0 bridgehead atoms. The first-order valence-corrected chi connectivity index (χ1v) is 9.78. The molecule has 0 radical (unpaired) electrons. The number of fused-ring (bicyclic) bond motifs is 1. The van der Waals surface area contributed by atoms with Gasteiger partial charge in [-0.15, -0.1) is 0 Å². The van der Waals surface area contributed by atoms with E-state index in [0.717, 1.165) is 30.5 Å². The molecule has 0 saturated carbocycles. The third-order valence-electron chi connectivity index (χ3n) is 4.80. The van der Waals surface area contributed by atoms with Crippen LogP contribution in [0, 0.1) is 0 Å². The predicted molar refractivity (Wildman–Crippen MR) is 118 cm³/mol. The van der Waals surface area contributed by atoms with Gasteiger partial charge in [-0.05, 0) is 48.0 Å². The number of ketones is 1. The Labute approximate surface area is 185 Å². The Hall–Kier alpha value is -3.71. The lowest BCUT2D eigenvalue weighted by molar-refractivity contribution is -0.137. The van der Waals surface area contributed by atoms with Crippen molar-refractivity contribution in [3.63, 3.8) is 0 Å². The number of rotatable bonds is 4. The number of hydrogen-bond acceptors (Lipinski definition) is 3. The zero-order valence-electron chi connectivity index (χ0n) is 16.3. The van der Waals surface area contributed by atoms with E-state index in [9.17, 15) is 22.8 Å². The molecule has 0 aliphatic rings. The summed E-state index contributed by atoms with van der Waals surface area (Å²) in [5, 5.41) is 0.987. The van der Waals surface area contributed by atoms with Gasteiger partial charge in [-0.2, -0.15) is 13.2 Å². The van der Waals surface area contributed by atoms with E-state index >= 15 is 0 Å². The SMILES string of the molecule is O=C(/C=C/c1cc(C(F)(F)F)ccn1)c1c(-c2ccccc2)c2cc(Cl)ccc2[nH]c1=O. The predicted octanol–water partition coefficient (Wildman–Crippen LogP) is 6.16. The Kier molecular flexibility index (Phi) is 5.67. The number of pyridine rings is 2. The highest BCUT2D eigenvalue weighted by molar-refractivity contribution is 6.31. The zero-order valence-corrected chi connectivity index (χ0v) is 17.0. The monoisotopic (exact) mass is 454 g/mol. The Bertz CT molecular complexity index is 1410. The molecule has 4 aromatic rings. The molecular weight excluding hydrogens is 441 g/mol. The van der Waals surface area contributed by atoms with Crippen LogP contribution in [0.15, 0.2) is 77.7 Å². The van der Waals surface area contributed by atoms with Gasteiger partial charge < -0.3 is 4.98 Å². The van der Waals surface area contributed by atoms with Crippen molar-refractivity contribution < 1.29 is 18.0 Å². The lowest BCUT2D eigenvalue weighted by atomic mass is 9.94. The molecule has 0 fully saturated rings. The van der Waals surface area contributed by atoms with Crippen LogP contribution < -0.4 is 5.56 Å². The topological polar surface area (TPSA) is 62.8 Å². The summed E-state index contributed by atoms with van der Waals surface area (Å²) >= 11 is 6.15.